The molecule has 3 rings (SSSR count). The van der Waals surface area contributed by atoms with Crippen molar-refractivity contribution in [1.29, 1.82) is 0 Å². The molecule has 1 aromatic heterocycles. The first-order valence-corrected chi connectivity index (χ1v) is 7.35. The largest absolute Gasteiger partial charge is 0.493 e. The summed E-state index contributed by atoms with van der Waals surface area (Å²) in [6, 6.07) is 10.3. The number of fused-ring (bicyclic) bond motifs is 1. The maximum Gasteiger partial charge on any atom is 0.127 e. The number of hydrogen-bond donors (Lipinski definition) is 2. The summed E-state index contributed by atoms with van der Waals surface area (Å²) in [5, 5.41) is 0. The molecule has 2 heterocycles. The summed E-state index contributed by atoms with van der Waals surface area (Å²) in [5.41, 5.74) is 8.40. The Bertz CT molecular complexity index is 634. The van der Waals surface area contributed by atoms with Crippen LogP contribution in [0.4, 0.5) is 0 Å². The fraction of sp³-hybridized carbons (Fsp3) is 0.353. The van der Waals surface area contributed by atoms with Crippen molar-refractivity contribution in [3.05, 3.63) is 58.4 Å². The maximum absolute atomic E-state index is 5.91. The molecular weight excluding hydrogens is 262 g/mol. The van der Waals surface area contributed by atoms with E-state index in [0.717, 1.165) is 47.7 Å². The number of nitrogens with one attached hydrogen (secondary N) is 1. The van der Waals surface area contributed by atoms with E-state index >= 15 is 0 Å². The monoisotopic (exact) mass is 283 g/mol. The number of nitrogens with two attached hydrogens (primary N) is 1. The number of hydrogen-bond acceptors (Lipinski definition) is 4. The van der Waals surface area contributed by atoms with Crippen LogP contribution in [-0.4, -0.2) is 11.6 Å². The lowest BCUT2D eigenvalue weighted by atomic mass is 9.94. The van der Waals surface area contributed by atoms with E-state index < -0.39 is 0 Å². The van der Waals surface area contributed by atoms with Crippen LogP contribution in [0.25, 0.3) is 0 Å². The topological polar surface area (TPSA) is 60.2 Å². The number of nitrogens with zero attached hydrogens (tertiary/aromatic N) is 1. The lowest BCUT2D eigenvalue weighted by Gasteiger charge is -2.25. The highest BCUT2D eigenvalue weighted by atomic mass is 16.5. The van der Waals surface area contributed by atoms with Crippen molar-refractivity contribution in [1.82, 2.24) is 10.4 Å². The first-order valence-electron chi connectivity index (χ1n) is 7.35. The van der Waals surface area contributed by atoms with E-state index in [2.05, 4.69) is 40.7 Å². The number of pyridine rings is 1. The van der Waals surface area contributed by atoms with Crippen LogP contribution in [0.1, 0.15) is 40.5 Å². The van der Waals surface area contributed by atoms with Crippen molar-refractivity contribution < 1.29 is 4.74 Å². The molecule has 1 aliphatic heterocycles. The van der Waals surface area contributed by atoms with Crippen LogP contribution in [0.3, 0.4) is 0 Å². The molecule has 0 saturated heterocycles. The molecular formula is C17H21N3O. The van der Waals surface area contributed by atoms with Crippen molar-refractivity contribution >= 4 is 0 Å². The van der Waals surface area contributed by atoms with Gasteiger partial charge in [0.1, 0.15) is 5.75 Å². The van der Waals surface area contributed by atoms with Crippen LogP contribution in [0.2, 0.25) is 0 Å². The number of benzene rings is 1. The summed E-state index contributed by atoms with van der Waals surface area (Å²) in [4.78, 5) is 4.43. The Morgan fingerprint density at radius 1 is 1.24 bits per heavy atom. The van der Waals surface area contributed by atoms with E-state index in [4.69, 9.17) is 10.6 Å². The Kier molecular flexibility index (Phi) is 3.90. The molecule has 4 heteroatoms. The fourth-order valence-electron chi connectivity index (χ4n) is 3.04. The van der Waals surface area contributed by atoms with Gasteiger partial charge in [-0.2, -0.15) is 0 Å². The van der Waals surface area contributed by atoms with Crippen LogP contribution < -0.4 is 16.0 Å². The van der Waals surface area contributed by atoms with Gasteiger partial charge in [-0.25, -0.2) is 5.43 Å². The molecule has 1 unspecified atom stereocenters. The van der Waals surface area contributed by atoms with E-state index in [1.54, 1.807) is 0 Å². The third kappa shape index (κ3) is 2.77. The predicted molar refractivity (Wildman–Crippen MR) is 83.1 cm³/mol. The zero-order valence-electron chi connectivity index (χ0n) is 12.5. The molecule has 0 aliphatic carbocycles. The van der Waals surface area contributed by atoms with Crippen LogP contribution in [-0.2, 0) is 6.42 Å². The Labute approximate surface area is 125 Å². The highest BCUT2D eigenvalue weighted by Crippen LogP contribution is 2.35. The van der Waals surface area contributed by atoms with Crippen LogP contribution in [0.5, 0.6) is 5.75 Å². The minimum absolute atomic E-state index is 0.0848. The lowest BCUT2D eigenvalue weighted by molar-refractivity contribution is 0.283. The van der Waals surface area contributed by atoms with Crippen LogP contribution in [0, 0.1) is 13.8 Å². The number of ether oxygens (including phenoxy) is 1. The van der Waals surface area contributed by atoms with Crippen molar-refractivity contribution in [2.75, 3.05) is 6.61 Å². The van der Waals surface area contributed by atoms with Gasteiger partial charge < -0.3 is 4.74 Å². The first kappa shape index (κ1) is 14.0. The fourth-order valence-corrected chi connectivity index (χ4v) is 3.04. The molecule has 2 aromatic rings. The van der Waals surface area contributed by atoms with Gasteiger partial charge in [0.25, 0.3) is 0 Å². The van der Waals surface area contributed by atoms with E-state index in [9.17, 15) is 0 Å². The van der Waals surface area contributed by atoms with Gasteiger partial charge in [-0.3, -0.25) is 10.8 Å². The molecule has 3 N–H and O–H groups in total. The van der Waals surface area contributed by atoms with Gasteiger partial charge in [0.05, 0.1) is 12.6 Å². The summed E-state index contributed by atoms with van der Waals surface area (Å²) in [6.07, 6.45) is 2.14. The standard InChI is InChI=1S/C17H21N3O/c1-11-9-14(10-12(2)19-11)16(20-18)15-7-3-5-13-6-4-8-21-17(13)15/h3,5,7,9-10,16,20H,4,6,8,18H2,1-2H3. The van der Waals surface area contributed by atoms with Crippen molar-refractivity contribution in [2.45, 2.75) is 32.7 Å². The molecule has 0 saturated carbocycles. The Morgan fingerprint density at radius 3 is 2.71 bits per heavy atom. The second-order valence-corrected chi connectivity index (χ2v) is 5.57. The summed E-state index contributed by atoms with van der Waals surface area (Å²) in [6.45, 7) is 4.78. The number of para-hydroxylation sites is 1. The zero-order valence-corrected chi connectivity index (χ0v) is 12.5. The number of aryl methyl sites for hydroxylation is 3. The van der Waals surface area contributed by atoms with Gasteiger partial charge in [-0.1, -0.05) is 18.2 Å². The van der Waals surface area contributed by atoms with Gasteiger partial charge in [0.2, 0.25) is 0 Å². The molecule has 0 radical (unpaired) electrons. The van der Waals surface area contributed by atoms with Gasteiger partial charge in [-0.15, -0.1) is 0 Å². The molecule has 0 fully saturated rings. The molecule has 1 aliphatic rings. The van der Waals surface area contributed by atoms with E-state index in [1.165, 1.54) is 5.56 Å². The molecule has 110 valence electrons. The van der Waals surface area contributed by atoms with Crippen molar-refractivity contribution in [3.8, 4) is 5.75 Å². The Balaban J connectivity index is 2.08. The highest BCUT2D eigenvalue weighted by molar-refractivity contribution is 5.48. The predicted octanol–water partition coefficient (Wildman–Crippen LogP) is 2.58. The Hall–Kier alpha value is -1.91. The van der Waals surface area contributed by atoms with E-state index in [-0.39, 0.29) is 6.04 Å². The van der Waals surface area contributed by atoms with Crippen LogP contribution in [0.15, 0.2) is 30.3 Å². The van der Waals surface area contributed by atoms with E-state index in [1.807, 2.05) is 13.8 Å². The molecule has 1 aromatic carbocycles. The number of hydrazine groups is 1. The average Bonchev–Trinajstić information content (AvgIpc) is 2.47. The summed E-state index contributed by atoms with van der Waals surface area (Å²) >= 11 is 0. The third-order valence-electron chi connectivity index (χ3n) is 3.88. The van der Waals surface area contributed by atoms with Gasteiger partial charge in [0.15, 0.2) is 0 Å². The summed E-state index contributed by atoms with van der Waals surface area (Å²) < 4.78 is 5.91. The normalized spacial score (nSPS) is 15.2. The second-order valence-electron chi connectivity index (χ2n) is 5.57. The van der Waals surface area contributed by atoms with Gasteiger partial charge in [-0.05, 0) is 49.9 Å². The maximum atomic E-state index is 5.91. The van der Waals surface area contributed by atoms with E-state index in [0.29, 0.717) is 0 Å². The number of rotatable bonds is 3. The SMILES string of the molecule is Cc1cc(C(NN)c2cccc3c2OCCC3)cc(C)n1. The molecule has 0 amide bonds. The summed E-state index contributed by atoms with van der Waals surface area (Å²) in [5.74, 6) is 6.83. The zero-order chi connectivity index (χ0) is 14.8. The summed E-state index contributed by atoms with van der Waals surface area (Å²) in [7, 11) is 0. The van der Waals surface area contributed by atoms with Crippen LogP contribution >= 0.6 is 0 Å². The lowest BCUT2D eigenvalue weighted by Crippen LogP contribution is -2.30. The highest BCUT2D eigenvalue weighted by Gasteiger charge is 2.22. The minimum atomic E-state index is -0.0848. The molecule has 4 nitrogen and oxygen atoms in total. The van der Waals surface area contributed by atoms with Gasteiger partial charge >= 0.3 is 0 Å². The molecule has 1 atom stereocenters. The third-order valence-corrected chi connectivity index (χ3v) is 3.88. The smallest absolute Gasteiger partial charge is 0.127 e. The number of aromatic nitrogens is 1. The first-order chi connectivity index (χ1) is 10.2. The second kappa shape index (κ2) is 5.84. The quantitative estimate of drug-likeness (QED) is 0.671. The van der Waals surface area contributed by atoms with Gasteiger partial charge in [0, 0.05) is 17.0 Å². The van der Waals surface area contributed by atoms with Crippen molar-refractivity contribution in [2.24, 2.45) is 5.84 Å². The average molecular weight is 283 g/mol. The Morgan fingerprint density at radius 2 is 2.00 bits per heavy atom. The van der Waals surface area contributed by atoms with Crippen molar-refractivity contribution in [3.63, 3.8) is 0 Å². The molecule has 21 heavy (non-hydrogen) atoms. The molecule has 0 bridgehead atoms. The minimum Gasteiger partial charge on any atom is -0.493 e. The molecule has 0 spiro atoms.